The molecule has 0 radical (unpaired) electrons. The third-order valence-electron chi connectivity index (χ3n) is 2.98. The molecule has 1 aliphatic rings. The number of nitrogens with zero attached hydrogens (tertiary/aromatic N) is 1. The van der Waals surface area contributed by atoms with Crippen molar-refractivity contribution in [2.75, 3.05) is 13.2 Å². The van der Waals surface area contributed by atoms with Crippen LogP contribution in [0, 0.1) is 5.41 Å². The van der Waals surface area contributed by atoms with E-state index in [1.807, 2.05) is 0 Å². The third-order valence-corrected chi connectivity index (χ3v) is 2.98. The van der Waals surface area contributed by atoms with Gasteiger partial charge in [-0.1, -0.05) is 6.42 Å². The minimum Gasteiger partial charge on any atom is -0.395 e. The van der Waals surface area contributed by atoms with Gasteiger partial charge in [0.15, 0.2) is 0 Å². The van der Waals surface area contributed by atoms with Crippen LogP contribution in [0.5, 0.6) is 0 Å². The molecule has 0 aromatic carbocycles. The molecule has 0 heterocycles. The summed E-state index contributed by atoms with van der Waals surface area (Å²) in [6.07, 6.45) is 4.35. The van der Waals surface area contributed by atoms with Crippen LogP contribution in [0.25, 0.3) is 0 Å². The van der Waals surface area contributed by atoms with Crippen LogP contribution in [0.4, 0.5) is 0 Å². The highest BCUT2D eigenvalue weighted by molar-refractivity contribution is 5.77. The zero-order valence-electron chi connectivity index (χ0n) is 8.87. The van der Waals surface area contributed by atoms with Crippen LogP contribution in [0.15, 0.2) is 0 Å². The minimum absolute atomic E-state index is 0.193. The monoisotopic (exact) mass is 199 g/mol. The standard InChI is InChI=1S/C10H21N3O/c1-8(7-10(11)12)13(5-6-14)9-3-2-4-9/h8-9,14H,2-7H2,1H3,(H3,11,12). The average molecular weight is 199 g/mol. The van der Waals surface area contributed by atoms with Crippen LogP contribution in [-0.2, 0) is 0 Å². The maximum absolute atomic E-state index is 8.96. The molecule has 4 nitrogen and oxygen atoms in total. The SMILES string of the molecule is CC(CC(=N)N)N(CCO)C1CCC1. The largest absolute Gasteiger partial charge is 0.395 e. The summed E-state index contributed by atoms with van der Waals surface area (Å²) in [5, 5.41) is 16.2. The lowest BCUT2D eigenvalue weighted by atomic mass is 9.90. The number of aliphatic hydroxyl groups is 1. The summed E-state index contributed by atoms with van der Waals surface area (Å²) in [5.74, 6) is 0.236. The number of aliphatic hydroxyl groups excluding tert-OH is 1. The van der Waals surface area contributed by atoms with Crippen molar-refractivity contribution in [1.29, 1.82) is 5.41 Å². The first kappa shape index (κ1) is 11.5. The highest BCUT2D eigenvalue weighted by Crippen LogP contribution is 2.26. The van der Waals surface area contributed by atoms with E-state index in [4.69, 9.17) is 16.2 Å². The second kappa shape index (κ2) is 5.32. The van der Waals surface area contributed by atoms with Gasteiger partial charge in [0.05, 0.1) is 12.4 Å². The highest BCUT2D eigenvalue weighted by atomic mass is 16.3. The van der Waals surface area contributed by atoms with Gasteiger partial charge in [0.25, 0.3) is 0 Å². The van der Waals surface area contributed by atoms with Gasteiger partial charge in [-0.15, -0.1) is 0 Å². The molecule has 0 spiro atoms. The molecule has 0 aliphatic heterocycles. The van der Waals surface area contributed by atoms with Crippen molar-refractivity contribution in [1.82, 2.24) is 4.90 Å². The number of nitrogens with one attached hydrogen (secondary N) is 1. The predicted molar refractivity (Wildman–Crippen MR) is 57.4 cm³/mol. The molecule has 0 aromatic heterocycles. The molecule has 1 unspecified atom stereocenters. The van der Waals surface area contributed by atoms with Gasteiger partial charge in [0.2, 0.25) is 0 Å². The maximum atomic E-state index is 8.96. The van der Waals surface area contributed by atoms with Crippen molar-refractivity contribution in [3.05, 3.63) is 0 Å². The molecule has 4 heteroatoms. The number of hydrogen-bond donors (Lipinski definition) is 3. The van der Waals surface area contributed by atoms with Gasteiger partial charge in [-0.25, -0.2) is 0 Å². The van der Waals surface area contributed by atoms with Crippen molar-refractivity contribution in [3.63, 3.8) is 0 Å². The van der Waals surface area contributed by atoms with Crippen LogP contribution in [0.3, 0.4) is 0 Å². The van der Waals surface area contributed by atoms with Crippen molar-refractivity contribution >= 4 is 5.84 Å². The summed E-state index contributed by atoms with van der Waals surface area (Å²) in [7, 11) is 0. The fraction of sp³-hybridized carbons (Fsp3) is 0.900. The Morgan fingerprint density at radius 2 is 2.29 bits per heavy atom. The van der Waals surface area contributed by atoms with E-state index in [0.717, 1.165) is 0 Å². The lowest BCUT2D eigenvalue weighted by Crippen LogP contribution is -2.47. The van der Waals surface area contributed by atoms with E-state index in [-0.39, 0.29) is 18.5 Å². The van der Waals surface area contributed by atoms with Crippen molar-refractivity contribution in [2.24, 2.45) is 5.73 Å². The zero-order chi connectivity index (χ0) is 10.6. The van der Waals surface area contributed by atoms with E-state index < -0.39 is 0 Å². The number of rotatable bonds is 6. The molecule has 1 atom stereocenters. The van der Waals surface area contributed by atoms with Crippen molar-refractivity contribution < 1.29 is 5.11 Å². The lowest BCUT2D eigenvalue weighted by molar-refractivity contribution is 0.0690. The Morgan fingerprint density at radius 3 is 2.64 bits per heavy atom. The predicted octanol–water partition coefficient (Wildman–Crippen LogP) is 0.548. The molecule has 0 bridgehead atoms. The third kappa shape index (κ3) is 2.96. The molecule has 82 valence electrons. The van der Waals surface area contributed by atoms with Crippen molar-refractivity contribution in [2.45, 2.75) is 44.7 Å². The Kier molecular flexibility index (Phi) is 4.35. The van der Waals surface area contributed by atoms with Gasteiger partial charge in [-0.3, -0.25) is 10.3 Å². The Bertz CT molecular complexity index is 192. The molecule has 14 heavy (non-hydrogen) atoms. The minimum atomic E-state index is 0.193. The first-order chi connectivity index (χ1) is 6.65. The first-order valence-electron chi connectivity index (χ1n) is 5.34. The molecule has 1 fully saturated rings. The number of hydrogen-bond acceptors (Lipinski definition) is 3. The molecule has 1 saturated carbocycles. The van der Waals surface area contributed by atoms with Gasteiger partial charge in [0, 0.05) is 25.0 Å². The second-order valence-electron chi connectivity index (χ2n) is 4.12. The Hall–Kier alpha value is -0.610. The van der Waals surface area contributed by atoms with Gasteiger partial charge in [0.1, 0.15) is 0 Å². The van der Waals surface area contributed by atoms with E-state index in [0.29, 0.717) is 19.0 Å². The van der Waals surface area contributed by atoms with Gasteiger partial charge >= 0.3 is 0 Å². The summed E-state index contributed by atoms with van der Waals surface area (Å²) in [5.41, 5.74) is 5.38. The Morgan fingerprint density at radius 1 is 1.64 bits per heavy atom. The van der Waals surface area contributed by atoms with Crippen LogP contribution >= 0.6 is 0 Å². The van der Waals surface area contributed by atoms with Gasteiger partial charge < -0.3 is 10.8 Å². The Balaban J connectivity index is 2.42. The first-order valence-corrected chi connectivity index (χ1v) is 5.34. The quantitative estimate of drug-likeness (QED) is 0.432. The summed E-state index contributed by atoms with van der Waals surface area (Å²) in [6, 6.07) is 0.890. The molecule has 0 amide bonds. The van der Waals surface area contributed by atoms with E-state index in [2.05, 4.69) is 11.8 Å². The zero-order valence-corrected chi connectivity index (χ0v) is 8.87. The molecular weight excluding hydrogens is 178 g/mol. The molecule has 0 aromatic rings. The van der Waals surface area contributed by atoms with E-state index >= 15 is 0 Å². The molecule has 1 rings (SSSR count). The van der Waals surface area contributed by atoms with Crippen LogP contribution in [0.2, 0.25) is 0 Å². The van der Waals surface area contributed by atoms with E-state index in [1.54, 1.807) is 0 Å². The van der Waals surface area contributed by atoms with Gasteiger partial charge in [-0.2, -0.15) is 0 Å². The van der Waals surface area contributed by atoms with Gasteiger partial charge in [-0.05, 0) is 19.8 Å². The van der Waals surface area contributed by atoms with Crippen LogP contribution in [-0.4, -0.2) is 41.1 Å². The fourth-order valence-electron chi connectivity index (χ4n) is 2.03. The lowest BCUT2D eigenvalue weighted by Gasteiger charge is -2.41. The summed E-state index contributed by atoms with van der Waals surface area (Å²) in [6.45, 7) is 2.98. The Labute approximate surface area is 85.6 Å². The van der Waals surface area contributed by atoms with Crippen LogP contribution in [0.1, 0.15) is 32.6 Å². The smallest absolute Gasteiger partial charge is 0.0920 e. The summed E-state index contributed by atoms with van der Waals surface area (Å²) in [4.78, 5) is 2.28. The fourth-order valence-corrected chi connectivity index (χ4v) is 2.03. The van der Waals surface area contributed by atoms with E-state index in [9.17, 15) is 0 Å². The number of nitrogens with two attached hydrogens (primary N) is 1. The normalized spacial score (nSPS) is 19.4. The highest BCUT2D eigenvalue weighted by Gasteiger charge is 2.28. The van der Waals surface area contributed by atoms with Crippen molar-refractivity contribution in [3.8, 4) is 0 Å². The number of amidine groups is 1. The van der Waals surface area contributed by atoms with Crippen LogP contribution < -0.4 is 5.73 Å². The summed E-state index contributed by atoms with van der Waals surface area (Å²) < 4.78 is 0. The molecule has 0 saturated heterocycles. The molecule has 4 N–H and O–H groups in total. The average Bonchev–Trinajstić information content (AvgIpc) is 1.98. The topological polar surface area (TPSA) is 73.3 Å². The molecule has 1 aliphatic carbocycles. The van der Waals surface area contributed by atoms with E-state index in [1.165, 1.54) is 19.3 Å². The maximum Gasteiger partial charge on any atom is 0.0920 e. The second-order valence-corrected chi connectivity index (χ2v) is 4.12. The summed E-state index contributed by atoms with van der Waals surface area (Å²) >= 11 is 0. The molecular formula is C10H21N3O.